The molecule has 0 saturated heterocycles. The minimum absolute atomic E-state index is 0.0583. The Kier molecular flexibility index (Phi) is 4.28. The Morgan fingerprint density at radius 3 is 1.79 bits per heavy atom. The van der Waals surface area contributed by atoms with Crippen molar-refractivity contribution in [3.8, 4) is 11.3 Å². The molecule has 0 bridgehead atoms. The van der Waals surface area contributed by atoms with Gasteiger partial charge in [0.1, 0.15) is 0 Å². The largest absolute Gasteiger partial charge is 0.256 e. The molecule has 24 heavy (non-hydrogen) atoms. The van der Waals surface area contributed by atoms with Crippen molar-refractivity contribution in [3.63, 3.8) is 0 Å². The standard InChI is InChI=1S/C23H25N/c1-16-6-10-19(11-7-16)22-18(3)14-21(15-24-22)23(4,5)20-12-8-17(2)9-13-20/h6-15H,1-5H3. The van der Waals surface area contributed by atoms with E-state index in [-0.39, 0.29) is 5.41 Å². The van der Waals surface area contributed by atoms with E-state index in [2.05, 4.69) is 89.2 Å². The first kappa shape index (κ1) is 16.4. The van der Waals surface area contributed by atoms with Crippen LogP contribution in [-0.4, -0.2) is 4.98 Å². The van der Waals surface area contributed by atoms with E-state index in [9.17, 15) is 0 Å². The fourth-order valence-electron chi connectivity index (χ4n) is 3.07. The van der Waals surface area contributed by atoms with Crippen LogP contribution in [0.4, 0.5) is 0 Å². The zero-order chi connectivity index (χ0) is 17.3. The van der Waals surface area contributed by atoms with E-state index in [1.165, 1.54) is 33.4 Å². The molecule has 0 aliphatic rings. The van der Waals surface area contributed by atoms with E-state index in [4.69, 9.17) is 4.98 Å². The second-order valence-corrected chi connectivity index (χ2v) is 7.25. The first-order valence-electron chi connectivity index (χ1n) is 8.49. The first-order valence-corrected chi connectivity index (χ1v) is 8.49. The molecule has 0 unspecified atom stereocenters. The van der Waals surface area contributed by atoms with Crippen LogP contribution in [-0.2, 0) is 5.41 Å². The van der Waals surface area contributed by atoms with E-state index in [0.717, 1.165) is 5.69 Å². The SMILES string of the molecule is Cc1ccc(-c2ncc(C(C)(C)c3ccc(C)cc3)cc2C)cc1. The molecule has 1 nitrogen and oxygen atoms in total. The van der Waals surface area contributed by atoms with Crippen molar-refractivity contribution in [3.05, 3.63) is 88.6 Å². The molecule has 1 heterocycles. The minimum atomic E-state index is -0.0583. The Balaban J connectivity index is 1.99. The van der Waals surface area contributed by atoms with Gasteiger partial charge >= 0.3 is 0 Å². The van der Waals surface area contributed by atoms with Crippen LogP contribution in [0.5, 0.6) is 0 Å². The molecule has 2 aromatic carbocycles. The highest BCUT2D eigenvalue weighted by Crippen LogP contribution is 2.33. The van der Waals surface area contributed by atoms with Crippen LogP contribution < -0.4 is 0 Å². The third-order valence-electron chi connectivity index (χ3n) is 4.90. The van der Waals surface area contributed by atoms with Crippen molar-refractivity contribution in [1.82, 2.24) is 4.98 Å². The predicted molar refractivity (Wildman–Crippen MR) is 102 cm³/mol. The summed E-state index contributed by atoms with van der Waals surface area (Å²) in [6.45, 7) is 10.9. The first-order chi connectivity index (χ1) is 11.4. The third kappa shape index (κ3) is 3.12. The van der Waals surface area contributed by atoms with Gasteiger partial charge in [-0.3, -0.25) is 4.98 Å². The van der Waals surface area contributed by atoms with Crippen LogP contribution in [0.3, 0.4) is 0 Å². The quantitative estimate of drug-likeness (QED) is 0.577. The van der Waals surface area contributed by atoms with Crippen molar-refractivity contribution in [2.24, 2.45) is 0 Å². The third-order valence-corrected chi connectivity index (χ3v) is 4.90. The molecule has 0 N–H and O–H groups in total. The molecule has 0 aliphatic heterocycles. The Hall–Kier alpha value is -2.41. The van der Waals surface area contributed by atoms with Crippen LogP contribution in [0, 0.1) is 20.8 Å². The lowest BCUT2D eigenvalue weighted by Crippen LogP contribution is -2.19. The molecule has 0 amide bonds. The summed E-state index contributed by atoms with van der Waals surface area (Å²) in [7, 11) is 0. The summed E-state index contributed by atoms with van der Waals surface area (Å²) in [6, 6.07) is 19.7. The number of hydrogen-bond donors (Lipinski definition) is 0. The van der Waals surface area contributed by atoms with Crippen LogP contribution >= 0.6 is 0 Å². The average Bonchev–Trinajstić information content (AvgIpc) is 2.56. The maximum atomic E-state index is 4.79. The number of aromatic nitrogens is 1. The van der Waals surface area contributed by atoms with E-state index < -0.39 is 0 Å². The Bertz CT molecular complexity index is 840. The second-order valence-electron chi connectivity index (χ2n) is 7.25. The summed E-state index contributed by atoms with van der Waals surface area (Å²) in [6.07, 6.45) is 2.03. The molecule has 0 radical (unpaired) electrons. The molecule has 1 heteroatoms. The molecular weight excluding hydrogens is 290 g/mol. The molecule has 3 aromatic rings. The van der Waals surface area contributed by atoms with Crippen molar-refractivity contribution in [2.45, 2.75) is 40.0 Å². The number of benzene rings is 2. The number of hydrogen-bond acceptors (Lipinski definition) is 1. The predicted octanol–water partition coefficient (Wildman–Crippen LogP) is 6.00. The van der Waals surface area contributed by atoms with Gasteiger partial charge in [-0.1, -0.05) is 79.6 Å². The summed E-state index contributed by atoms with van der Waals surface area (Å²) >= 11 is 0. The Morgan fingerprint density at radius 1 is 0.708 bits per heavy atom. The lowest BCUT2D eigenvalue weighted by atomic mass is 9.78. The summed E-state index contributed by atoms with van der Waals surface area (Å²) in [5.74, 6) is 0. The minimum Gasteiger partial charge on any atom is -0.256 e. The van der Waals surface area contributed by atoms with Gasteiger partial charge in [0.05, 0.1) is 5.69 Å². The topological polar surface area (TPSA) is 12.9 Å². The molecular formula is C23H25N. The number of nitrogens with zero attached hydrogens (tertiary/aromatic N) is 1. The summed E-state index contributed by atoms with van der Waals surface area (Å²) in [5.41, 5.74) is 8.54. The van der Waals surface area contributed by atoms with Crippen molar-refractivity contribution < 1.29 is 0 Å². The van der Waals surface area contributed by atoms with Crippen molar-refractivity contribution in [1.29, 1.82) is 0 Å². The van der Waals surface area contributed by atoms with Crippen LogP contribution in [0.2, 0.25) is 0 Å². The zero-order valence-corrected chi connectivity index (χ0v) is 15.2. The molecule has 0 fully saturated rings. The highest BCUT2D eigenvalue weighted by atomic mass is 14.7. The fraction of sp³-hybridized carbons (Fsp3) is 0.261. The summed E-state index contributed by atoms with van der Waals surface area (Å²) in [5, 5.41) is 0. The summed E-state index contributed by atoms with van der Waals surface area (Å²) < 4.78 is 0. The van der Waals surface area contributed by atoms with Crippen LogP contribution in [0.15, 0.2) is 60.8 Å². The van der Waals surface area contributed by atoms with E-state index >= 15 is 0 Å². The average molecular weight is 315 g/mol. The van der Waals surface area contributed by atoms with Crippen LogP contribution in [0.25, 0.3) is 11.3 Å². The molecule has 0 atom stereocenters. The van der Waals surface area contributed by atoms with Gasteiger partial charge in [-0.05, 0) is 37.5 Å². The van der Waals surface area contributed by atoms with Gasteiger partial charge in [-0.2, -0.15) is 0 Å². The zero-order valence-electron chi connectivity index (χ0n) is 15.2. The monoisotopic (exact) mass is 315 g/mol. The van der Waals surface area contributed by atoms with Gasteiger partial charge in [0.25, 0.3) is 0 Å². The fourth-order valence-corrected chi connectivity index (χ4v) is 3.07. The normalized spacial score (nSPS) is 11.5. The molecule has 1 aromatic heterocycles. The summed E-state index contributed by atoms with van der Waals surface area (Å²) in [4.78, 5) is 4.79. The van der Waals surface area contributed by atoms with Gasteiger partial charge in [-0.25, -0.2) is 0 Å². The number of rotatable bonds is 3. The lowest BCUT2D eigenvalue weighted by Gasteiger charge is -2.26. The van der Waals surface area contributed by atoms with Gasteiger partial charge in [0.15, 0.2) is 0 Å². The van der Waals surface area contributed by atoms with Gasteiger partial charge in [-0.15, -0.1) is 0 Å². The molecule has 3 rings (SSSR count). The smallest absolute Gasteiger partial charge is 0.0731 e. The number of pyridine rings is 1. The van der Waals surface area contributed by atoms with E-state index in [1.54, 1.807) is 0 Å². The van der Waals surface area contributed by atoms with Crippen molar-refractivity contribution >= 4 is 0 Å². The van der Waals surface area contributed by atoms with Crippen LogP contribution in [0.1, 0.15) is 41.7 Å². The molecule has 122 valence electrons. The maximum Gasteiger partial charge on any atom is 0.0731 e. The Morgan fingerprint density at radius 2 is 1.25 bits per heavy atom. The van der Waals surface area contributed by atoms with Gasteiger partial charge in [0, 0.05) is 17.2 Å². The van der Waals surface area contributed by atoms with Gasteiger partial charge < -0.3 is 0 Å². The highest BCUT2D eigenvalue weighted by molar-refractivity contribution is 5.63. The second kappa shape index (κ2) is 6.24. The number of aryl methyl sites for hydroxylation is 3. The van der Waals surface area contributed by atoms with Crippen molar-refractivity contribution in [2.75, 3.05) is 0 Å². The molecule has 0 aliphatic carbocycles. The Labute approximate surface area is 145 Å². The van der Waals surface area contributed by atoms with E-state index in [0.29, 0.717) is 0 Å². The molecule has 0 spiro atoms. The lowest BCUT2D eigenvalue weighted by molar-refractivity contribution is 0.636. The highest BCUT2D eigenvalue weighted by Gasteiger charge is 2.24. The molecule has 0 saturated carbocycles. The van der Waals surface area contributed by atoms with E-state index in [1.807, 2.05) is 6.20 Å². The maximum absolute atomic E-state index is 4.79. The van der Waals surface area contributed by atoms with Gasteiger partial charge in [0.2, 0.25) is 0 Å².